The highest BCUT2D eigenvalue weighted by Crippen LogP contribution is 2.31. The molecule has 164 valence electrons. The second-order valence-electron chi connectivity index (χ2n) is 7.16. The SMILES string of the molecule is CCOC(=O)C1CCN(c2nc3ccccc3nc2[C@H](C#N)C(=O)OCCOC)CC1. The Morgan fingerprint density at radius 3 is 2.45 bits per heavy atom. The van der Waals surface area contributed by atoms with Crippen LogP contribution in [0.5, 0.6) is 0 Å². The first-order chi connectivity index (χ1) is 15.1. The third-order valence-electron chi connectivity index (χ3n) is 5.16. The molecule has 1 aromatic carbocycles. The number of rotatable bonds is 8. The van der Waals surface area contributed by atoms with E-state index in [1.54, 1.807) is 13.0 Å². The first-order valence-electron chi connectivity index (χ1n) is 10.3. The van der Waals surface area contributed by atoms with Gasteiger partial charge in [0, 0.05) is 20.2 Å². The lowest BCUT2D eigenvalue weighted by molar-refractivity contribution is -0.148. The van der Waals surface area contributed by atoms with Crippen molar-refractivity contribution in [1.29, 1.82) is 5.26 Å². The van der Waals surface area contributed by atoms with Crippen LogP contribution in [-0.2, 0) is 23.8 Å². The van der Waals surface area contributed by atoms with Crippen LogP contribution in [0.25, 0.3) is 11.0 Å². The summed E-state index contributed by atoms with van der Waals surface area (Å²) < 4.78 is 15.2. The van der Waals surface area contributed by atoms with E-state index in [4.69, 9.17) is 19.2 Å². The molecular weight excluding hydrogens is 400 g/mol. The molecule has 0 N–H and O–H groups in total. The lowest BCUT2D eigenvalue weighted by atomic mass is 9.96. The summed E-state index contributed by atoms with van der Waals surface area (Å²) in [5.41, 5.74) is 1.52. The summed E-state index contributed by atoms with van der Waals surface area (Å²) in [6.07, 6.45) is 1.20. The third-order valence-corrected chi connectivity index (χ3v) is 5.16. The minimum absolute atomic E-state index is 0.0504. The Morgan fingerprint density at radius 1 is 1.16 bits per heavy atom. The van der Waals surface area contributed by atoms with Crippen molar-refractivity contribution in [3.05, 3.63) is 30.0 Å². The first-order valence-corrected chi connectivity index (χ1v) is 10.3. The smallest absolute Gasteiger partial charge is 0.329 e. The number of fused-ring (bicyclic) bond motifs is 1. The molecule has 0 aliphatic carbocycles. The number of piperidine rings is 1. The number of para-hydroxylation sites is 2. The van der Waals surface area contributed by atoms with Gasteiger partial charge in [-0.25, -0.2) is 9.97 Å². The summed E-state index contributed by atoms with van der Waals surface area (Å²) in [6, 6.07) is 9.31. The van der Waals surface area contributed by atoms with Crippen LogP contribution >= 0.6 is 0 Å². The van der Waals surface area contributed by atoms with Crippen molar-refractivity contribution in [2.45, 2.75) is 25.7 Å². The van der Waals surface area contributed by atoms with Gasteiger partial charge in [0.25, 0.3) is 0 Å². The topological polar surface area (TPSA) is 115 Å². The fourth-order valence-corrected chi connectivity index (χ4v) is 3.55. The number of anilines is 1. The van der Waals surface area contributed by atoms with Crippen LogP contribution in [0, 0.1) is 17.2 Å². The van der Waals surface area contributed by atoms with Crippen LogP contribution in [0.2, 0.25) is 0 Å². The number of methoxy groups -OCH3 is 1. The Labute approximate surface area is 180 Å². The number of benzene rings is 1. The molecule has 1 aromatic heterocycles. The molecule has 1 saturated heterocycles. The van der Waals surface area contributed by atoms with Gasteiger partial charge in [0.05, 0.1) is 36.2 Å². The van der Waals surface area contributed by atoms with E-state index >= 15 is 0 Å². The van der Waals surface area contributed by atoms with Crippen molar-refractivity contribution in [3.8, 4) is 6.07 Å². The Kier molecular flexibility index (Phi) is 7.73. The zero-order valence-electron chi connectivity index (χ0n) is 17.7. The van der Waals surface area contributed by atoms with Crippen molar-refractivity contribution >= 4 is 28.8 Å². The van der Waals surface area contributed by atoms with Gasteiger partial charge in [-0.05, 0) is 31.9 Å². The molecule has 1 atom stereocenters. The summed E-state index contributed by atoms with van der Waals surface area (Å²) in [5, 5.41) is 9.75. The van der Waals surface area contributed by atoms with E-state index in [1.807, 2.05) is 29.2 Å². The normalized spacial score (nSPS) is 15.3. The molecule has 31 heavy (non-hydrogen) atoms. The number of ether oxygens (including phenoxy) is 3. The molecule has 9 nitrogen and oxygen atoms in total. The van der Waals surface area contributed by atoms with Gasteiger partial charge in [-0.2, -0.15) is 5.26 Å². The second-order valence-corrected chi connectivity index (χ2v) is 7.16. The molecule has 2 aromatic rings. The van der Waals surface area contributed by atoms with E-state index in [0.717, 1.165) is 0 Å². The average Bonchev–Trinajstić information content (AvgIpc) is 2.79. The lowest BCUT2D eigenvalue weighted by Gasteiger charge is -2.33. The fraction of sp³-hybridized carbons (Fsp3) is 0.500. The molecule has 0 saturated carbocycles. The highest BCUT2D eigenvalue weighted by Gasteiger charge is 2.33. The number of esters is 2. The summed E-state index contributed by atoms with van der Waals surface area (Å²) >= 11 is 0. The van der Waals surface area contributed by atoms with Gasteiger partial charge in [-0.15, -0.1) is 0 Å². The number of carbonyl (C=O) groups excluding carboxylic acids is 2. The van der Waals surface area contributed by atoms with Crippen LogP contribution < -0.4 is 4.90 Å². The fourth-order valence-electron chi connectivity index (χ4n) is 3.55. The largest absolute Gasteiger partial charge is 0.466 e. The lowest BCUT2D eigenvalue weighted by Crippen LogP contribution is -2.38. The average molecular weight is 426 g/mol. The van der Waals surface area contributed by atoms with Crippen LogP contribution in [0.1, 0.15) is 31.4 Å². The Balaban J connectivity index is 1.90. The molecule has 9 heteroatoms. The van der Waals surface area contributed by atoms with E-state index in [2.05, 4.69) is 4.98 Å². The van der Waals surface area contributed by atoms with Gasteiger partial charge >= 0.3 is 11.9 Å². The Morgan fingerprint density at radius 2 is 1.84 bits per heavy atom. The van der Waals surface area contributed by atoms with Gasteiger partial charge in [0.15, 0.2) is 11.7 Å². The molecular formula is C22H26N4O5. The van der Waals surface area contributed by atoms with Gasteiger partial charge in [0.1, 0.15) is 12.3 Å². The number of nitrogens with zero attached hydrogens (tertiary/aromatic N) is 4. The first kappa shape index (κ1) is 22.4. The van der Waals surface area contributed by atoms with E-state index in [0.29, 0.717) is 49.4 Å². The van der Waals surface area contributed by atoms with Crippen molar-refractivity contribution < 1.29 is 23.8 Å². The van der Waals surface area contributed by atoms with E-state index < -0.39 is 11.9 Å². The molecule has 0 amide bonds. The predicted octanol–water partition coefficient (Wildman–Crippen LogP) is 2.21. The van der Waals surface area contributed by atoms with Gasteiger partial charge in [-0.1, -0.05) is 12.1 Å². The maximum absolute atomic E-state index is 12.6. The molecule has 0 bridgehead atoms. The minimum Gasteiger partial charge on any atom is -0.466 e. The zero-order chi connectivity index (χ0) is 22.2. The van der Waals surface area contributed by atoms with Crippen LogP contribution in [-0.4, -0.2) is 61.9 Å². The van der Waals surface area contributed by atoms with Gasteiger partial charge in [0.2, 0.25) is 0 Å². The second kappa shape index (κ2) is 10.7. The maximum Gasteiger partial charge on any atom is 0.329 e. The number of nitriles is 1. The molecule has 1 fully saturated rings. The molecule has 0 spiro atoms. The molecule has 3 rings (SSSR count). The maximum atomic E-state index is 12.6. The number of aromatic nitrogens is 2. The van der Waals surface area contributed by atoms with E-state index in [-0.39, 0.29) is 30.8 Å². The van der Waals surface area contributed by atoms with Crippen molar-refractivity contribution in [3.63, 3.8) is 0 Å². The van der Waals surface area contributed by atoms with Gasteiger partial charge in [-0.3, -0.25) is 9.59 Å². The number of hydrogen-bond donors (Lipinski definition) is 0. The van der Waals surface area contributed by atoms with E-state index in [9.17, 15) is 14.9 Å². The van der Waals surface area contributed by atoms with Crippen LogP contribution in [0.4, 0.5) is 5.82 Å². The van der Waals surface area contributed by atoms with Gasteiger partial charge < -0.3 is 19.1 Å². The third kappa shape index (κ3) is 5.27. The monoisotopic (exact) mass is 426 g/mol. The summed E-state index contributed by atoms with van der Waals surface area (Å²) in [4.78, 5) is 35.9. The predicted molar refractivity (Wildman–Crippen MR) is 112 cm³/mol. The molecule has 2 heterocycles. The summed E-state index contributed by atoms with van der Waals surface area (Å²) in [7, 11) is 1.50. The standard InChI is InChI=1S/C22H26N4O5/c1-3-30-21(27)15-8-10-26(11-9-15)20-19(16(14-23)22(28)31-13-12-29-2)24-17-6-4-5-7-18(17)25-20/h4-7,15-16H,3,8-13H2,1-2H3/t16-/m0/s1. The van der Waals surface area contributed by atoms with Crippen molar-refractivity contribution in [1.82, 2.24) is 9.97 Å². The highest BCUT2D eigenvalue weighted by atomic mass is 16.6. The molecule has 1 aliphatic rings. The van der Waals surface area contributed by atoms with Crippen LogP contribution in [0.15, 0.2) is 24.3 Å². The molecule has 0 unspecified atom stereocenters. The Hall–Kier alpha value is -3.25. The molecule has 1 aliphatic heterocycles. The zero-order valence-corrected chi connectivity index (χ0v) is 17.7. The number of hydrogen-bond acceptors (Lipinski definition) is 9. The number of carbonyl (C=O) groups is 2. The summed E-state index contributed by atoms with van der Waals surface area (Å²) in [5.74, 6) is -1.79. The highest BCUT2D eigenvalue weighted by molar-refractivity contribution is 5.85. The van der Waals surface area contributed by atoms with Crippen molar-refractivity contribution in [2.75, 3.05) is 44.9 Å². The van der Waals surface area contributed by atoms with Crippen molar-refractivity contribution in [2.24, 2.45) is 5.92 Å². The van der Waals surface area contributed by atoms with Crippen LogP contribution in [0.3, 0.4) is 0 Å². The summed E-state index contributed by atoms with van der Waals surface area (Å²) in [6.45, 7) is 3.52. The van der Waals surface area contributed by atoms with E-state index in [1.165, 1.54) is 7.11 Å². The Bertz CT molecular complexity index is 966. The molecule has 0 radical (unpaired) electrons. The minimum atomic E-state index is -1.22. The quantitative estimate of drug-likeness (QED) is 0.463.